The van der Waals surface area contributed by atoms with E-state index in [1.807, 2.05) is 42.5 Å². The number of hydrogen-bond donors (Lipinski definition) is 2. The Balaban J connectivity index is 1.40. The Morgan fingerprint density at radius 2 is 1.85 bits per heavy atom. The van der Waals surface area contributed by atoms with Gasteiger partial charge in [-0.1, -0.05) is 24.3 Å². The number of benzene rings is 2. The minimum atomic E-state index is -0.597. The van der Waals surface area contributed by atoms with Gasteiger partial charge in [-0.15, -0.1) is 0 Å². The number of fused-ring (bicyclic) bond motifs is 2. The molecule has 1 aromatic heterocycles. The predicted molar refractivity (Wildman–Crippen MR) is 102 cm³/mol. The van der Waals surface area contributed by atoms with E-state index < -0.39 is 11.7 Å². The number of carbonyl (C=O) groups excluding carboxylic acids is 2. The second-order valence-electron chi connectivity index (χ2n) is 6.48. The van der Waals surface area contributed by atoms with Gasteiger partial charge >= 0.3 is 0 Å². The van der Waals surface area contributed by atoms with Crippen LogP contribution in [0.3, 0.4) is 0 Å². The summed E-state index contributed by atoms with van der Waals surface area (Å²) >= 11 is 0. The molecule has 1 aliphatic rings. The SMILES string of the molecule is Cc1[nH]c2ccccc2c1C(=O)C(=O)NCCc1ccc2c(c1)OCCO2. The molecule has 27 heavy (non-hydrogen) atoms. The lowest BCUT2D eigenvalue weighted by Crippen LogP contribution is -2.32. The van der Waals surface area contributed by atoms with Crippen LogP contribution in [0.15, 0.2) is 42.5 Å². The van der Waals surface area contributed by atoms with Crippen molar-refractivity contribution in [2.75, 3.05) is 19.8 Å². The second kappa shape index (κ2) is 7.15. The third-order valence-corrected chi connectivity index (χ3v) is 4.63. The van der Waals surface area contributed by atoms with Crippen LogP contribution in [0, 0.1) is 6.92 Å². The first-order valence-electron chi connectivity index (χ1n) is 8.92. The Morgan fingerprint density at radius 3 is 2.70 bits per heavy atom. The Bertz CT molecular complexity index is 1020. The van der Waals surface area contributed by atoms with E-state index in [0.717, 1.165) is 28.0 Å². The number of carbonyl (C=O) groups is 2. The first-order valence-corrected chi connectivity index (χ1v) is 8.92. The van der Waals surface area contributed by atoms with Crippen LogP contribution >= 0.6 is 0 Å². The highest BCUT2D eigenvalue weighted by molar-refractivity contribution is 6.45. The van der Waals surface area contributed by atoms with Gasteiger partial charge in [-0.3, -0.25) is 9.59 Å². The van der Waals surface area contributed by atoms with Crippen molar-refractivity contribution in [3.8, 4) is 11.5 Å². The van der Waals surface area contributed by atoms with E-state index in [9.17, 15) is 9.59 Å². The zero-order valence-corrected chi connectivity index (χ0v) is 15.0. The number of aromatic nitrogens is 1. The van der Waals surface area contributed by atoms with Crippen molar-refractivity contribution in [1.82, 2.24) is 10.3 Å². The summed E-state index contributed by atoms with van der Waals surface area (Å²) in [7, 11) is 0. The second-order valence-corrected chi connectivity index (χ2v) is 6.48. The van der Waals surface area contributed by atoms with Gasteiger partial charge in [0.2, 0.25) is 0 Å². The molecule has 2 heterocycles. The molecule has 0 unspecified atom stereocenters. The van der Waals surface area contributed by atoms with Gasteiger partial charge in [0.1, 0.15) is 13.2 Å². The molecule has 0 saturated carbocycles. The smallest absolute Gasteiger partial charge is 0.292 e. The van der Waals surface area contributed by atoms with Crippen molar-refractivity contribution in [2.24, 2.45) is 0 Å². The van der Waals surface area contributed by atoms with Gasteiger partial charge in [-0.05, 0) is 37.1 Å². The summed E-state index contributed by atoms with van der Waals surface area (Å²) < 4.78 is 11.1. The molecule has 3 aromatic rings. The molecule has 0 saturated heterocycles. The van der Waals surface area contributed by atoms with Crippen LogP contribution in [0.2, 0.25) is 0 Å². The van der Waals surface area contributed by atoms with Crippen LogP contribution in [0.4, 0.5) is 0 Å². The number of para-hydroxylation sites is 1. The number of aryl methyl sites for hydroxylation is 1. The maximum atomic E-state index is 12.6. The standard InChI is InChI=1S/C21H20N2O4/c1-13-19(15-4-2-3-5-16(15)23-13)20(24)21(25)22-9-8-14-6-7-17-18(12-14)27-11-10-26-17/h2-7,12,23H,8-11H2,1H3,(H,22,25). The van der Waals surface area contributed by atoms with Crippen LogP contribution in [0.25, 0.3) is 10.9 Å². The molecule has 6 nitrogen and oxygen atoms in total. The van der Waals surface area contributed by atoms with Crippen LogP contribution in [0.1, 0.15) is 21.6 Å². The minimum absolute atomic E-state index is 0.367. The molecule has 0 bridgehead atoms. The number of H-pyrrole nitrogens is 1. The molecule has 4 rings (SSSR count). The third kappa shape index (κ3) is 3.38. The summed E-state index contributed by atoms with van der Waals surface area (Å²) in [6.07, 6.45) is 0.600. The molecule has 1 aliphatic heterocycles. The number of amides is 1. The normalized spacial score (nSPS) is 12.8. The molecule has 0 aliphatic carbocycles. The van der Waals surface area contributed by atoms with Gasteiger partial charge in [0.15, 0.2) is 11.5 Å². The Morgan fingerprint density at radius 1 is 1.07 bits per heavy atom. The van der Waals surface area contributed by atoms with E-state index in [2.05, 4.69) is 10.3 Å². The molecule has 2 aromatic carbocycles. The lowest BCUT2D eigenvalue weighted by atomic mass is 10.1. The summed E-state index contributed by atoms with van der Waals surface area (Å²) in [5.74, 6) is 0.335. The van der Waals surface area contributed by atoms with Crippen LogP contribution in [0.5, 0.6) is 11.5 Å². The summed E-state index contributed by atoms with van der Waals surface area (Å²) in [5.41, 5.74) is 2.99. The maximum absolute atomic E-state index is 12.6. The molecule has 0 fully saturated rings. The summed E-state index contributed by atoms with van der Waals surface area (Å²) in [4.78, 5) is 28.1. The molecule has 0 atom stereocenters. The first kappa shape index (κ1) is 17.1. The van der Waals surface area contributed by atoms with Crippen molar-refractivity contribution >= 4 is 22.6 Å². The third-order valence-electron chi connectivity index (χ3n) is 4.63. The van der Waals surface area contributed by atoms with Gasteiger partial charge < -0.3 is 19.8 Å². The Hall–Kier alpha value is -3.28. The highest BCUT2D eigenvalue weighted by Gasteiger charge is 2.22. The highest BCUT2D eigenvalue weighted by atomic mass is 16.6. The van der Waals surface area contributed by atoms with Crippen molar-refractivity contribution in [3.63, 3.8) is 0 Å². The van der Waals surface area contributed by atoms with E-state index in [0.29, 0.717) is 37.4 Å². The molecule has 2 N–H and O–H groups in total. The molecular weight excluding hydrogens is 344 g/mol. The Kier molecular flexibility index (Phi) is 4.54. The number of hydrogen-bond acceptors (Lipinski definition) is 4. The zero-order valence-electron chi connectivity index (χ0n) is 15.0. The topological polar surface area (TPSA) is 80.4 Å². The quantitative estimate of drug-likeness (QED) is 0.539. The number of Topliss-reactive ketones (excluding diaryl/α,β-unsaturated/α-hetero) is 1. The van der Waals surface area contributed by atoms with E-state index in [1.54, 1.807) is 6.92 Å². The lowest BCUT2D eigenvalue weighted by molar-refractivity contribution is -0.116. The van der Waals surface area contributed by atoms with E-state index in [4.69, 9.17) is 9.47 Å². The number of nitrogens with one attached hydrogen (secondary N) is 2. The average Bonchev–Trinajstić information content (AvgIpc) is 3.03. The monoisotopic (exact) mass is 364 g/mol. The molecule has 0 spiro atoms. The van der Waals surface area contributed by atoms with Crippen molar-refractivity contribution in [3.05, 3.63) is 59.3 Å². The van der Waals surface area contributed by atoms with Gasteiger partial charge in [0.25, 0.3) is 11.7 Å². The van der Waals surface area contributed by atoms with Crippen molar-refractivity contribution in [2.45, 2.75) is 13.3 Å². The fourth-order valence-electron chi connectivity index (χ4n) is 3.33. The molecular formula is C21H20N2O4. The van der Waals surface area contributed by atoms with Crippen LogP contribution in [-0.4, -0.2) is 36.4 Å². The van der Waals surface area contributed by atoms with Gasteiger partial charge in [-0.2, -0.15) is 0 Å². The number of ketones is 1. The largest absolute Gasteiger partial charge is 0.486 e. The summed E-state index contributed by atoms with van der Waals surface area (Å²) in [6.45, 7) is 3.25. The molecule has 6 heteroatoms. The summed E-state index contributed by atoms with van der Waals surface area (Å²) in [6, 6.07) is 13.2. The molecule has 1 amide bonds. The van der Waals surface area contributed by atoms with Crippen LogP contribution < -0.4 is 14.8 Å². The first-order chi connectivity index (χ1) is 13.1. The predicted octanol–water partition coefficient (Wildman–Crippen LogP) is 2.79. The fraction of sp³-hybridized carbons (Fsp3) is 0.238. The van der Waals surface area contributed by atoms with Crippen molar-refractivity contribution < 1.29 is 19.1 Å². The average molecular weight is 364 g/mol. The number of rotatable bonds is 5. The Labute approximate surface area is 156 Å². The number of ether oxygens (including phenoxy) is 2. The highest BCUT2D eigenvalue weighted by Crippen LogP contribution is 2.30. The van der Waals surface area contributed by atoms with E-state index >= 15 is 0 Å². The molecule has 0 radical (unpaired) electrons. The zero-order chi connectivity index (χ0) is 18.8. The summed E-state index contributed by atoms with van der Waals surface area (Å²) in [5, 5.41) is 3.48. The maximum Gasteiger partial charge on any atom is 0.292 e. The van der Waals surface area contributed by atoms with Gasteiger partial charge in [-0.25, -0.2) is 0 Å². The lowest BCUT2D eigenvalue weighted by Gasteiger charge is -2.18. The van der Waals surface area contributed by atoms with E-state index in [1.165, 1.54) is 0 Å². The molecule has 138 valence electrons. The van der Waals surface area contributed by atoms with Gasteiger partial charge in [0, 0.05) is 23.1 Å². The fourth-order valence-corrected chi connectivity index (χ4v) is 3.33. The van der Waals surface area contributed by atoms with Crippen molar-refractivity contribution in [1.29, 1.82) is 0 Å². The van der Waals surface area contributed by atoms with Crippen LogP contribution in [-0.2, 0) is 11.2 Å². The van der Waals surface area contributed by atoms with E-state index in [-0.39, 0.29) is 0 Å². The van der Waals surface area contributed by atoms with Gasteiger partial charge in [0.05, 0.1) is 5.56 Å². The number of aromatic amines is 1. The minimum Gasteiger partial charge on any atom is -0.486 e.